The number of carbonyl (C=O) groups excluding carboxylic acids is 2. The second kappa shape index (κ2) is 10.5. The van der Waals surface area contributed by atoms with E-state index in [9.17, 15) is 9.59 Å². The van der Waals surface area contributed by atoms with Crippen molar-refractivity contribution >= 4 is 40.7 Å². The first-order valence-electron chi connectivity index (χ1n) is 10.6. The van der Waals surface area contributed by atoms with Gasteiger partial charge in [-0.3, -0.25) is 14.6 Å². The highest BCUT2D eigenvalue weighted by molar-refractivity contribution is 6.36. The number of carbonyl (C=O) groups is 2. The van der Waals surface area contributed by atoms with Gasteiger partial charge < -0.3 is 10.6 Å². The molecule has 0 fully saturated rings. The molecule has 170 valence electrons. The van der Waals surface area contributed by atoms with Crippen molar-refractivity contribution in [3.63, 3.8) is 0 Å². The Morgan fingerprint density at radius 1 is 0.853 bits per heavy atom. The fraction of sp³-hybridized carbons (Fsp3) is 0.0741. The summed E-state index contributed by atoms with van der Waals surface area (Å²) in [7, 11) is 1.56. The summed E-state index contributed by atoms with van der Waals surface area (Å²) in [5.41, 5.74) is 4.21. The summed E-state index contributed by atoms with van der Waals surface area (Å²) in [5.74, 6) is -0.658. The van der Waals surface area contributed by atoms with Gasteiger partial charge in [0.2, 0.25) is 0 Å². The van der Waals surface area contributed by atoms with E-state index in [0.717, 1.165) is 5.56 Å². The highest BCUT2D eigenvalue weighted by Crippen LogP contribution is 2.31. The van der Waals surface area contributed by atoms with Crippen molar-refractivity contribution in [2.75, 3.05) is 12.4 Å². The molecule has 2 N–H and O–H groups in total. The number of anilines is 1. The van der Waals surface area contributed by atoms with Crippen LogP contribution in [-0.4, -0.2) is 23.8 Å². The van der Waals surface area contributed by atoms with Crippen LogP contribution in [0.5, 0.6) is 0 Å². The number of halogens is 2. The van der Waals surface area contributed by atoms with Crippen molar-refractivity contribution in [3.8, 4) is 11.3 Å². The fourth-order valence-corrected chi connectivity index (χ4v) is 4.17. The maximum Gasteiger partial charge on any atom is 0.257 e. The quantitative estimate of drug-likeness (QED) is 0.335. The third-order valence-electron chi connectivity index (χ3n) is 5.35. The van der Waals surface area contributed by atoms with E-state index in [1.54, 1.807) is 43.6 Å². The fourth-order valence-electron chi connectivity index (χ4n) is 3.64. The van der Waals surface area contributed by atoms with Crippen LogP contribution in [0.1, 0.15) is 31.8 Å². The molecule has 1 aromatic heterocycles. The lowest BCUT2D eigenvalue weighted by Gasteiger charge is -2.15. The molecule has 2 amide bonds. The third kappa shape index (κ3) is 5.11. The van der Waals surface area contributed by atoms with Gasteiger partial charge in [0.15, 0.2) is 0 Å². The van der Waals surface area contributed by atoms with Crippen LogP contribution < -0.4 is 10.6 Å². The molecule has 0 aliphatic carbocycles. The zero-order valence-electron chi connectivity index (χ0n) is 18.3. The Balaban J connectivity index is 1.67. The molecule has 0 saturated carbocycles. The number of nitrogens with one attached hydrogen (secondary N) is 2. The van der Waals surface area contributed by atoms with Gasteiger partial charge in [0.1, 0.15) is 0 Å². The van der Waals surface area contributed by atoms with Crippen LogP contribution in [0.3, 0.4) is 0 Å². The highest BCUT2D eigenvalue weighted by Gasteiger charge is 2.21. The maximum absolute atomic E-state index is 13.2. The average molecular weight is 490 g/mol. The number of aromatic nitrogens is 1. The molecule has 4 rings (SSSR count). The average Bonchev–Trinajstić information content (AvgIpc) is 2.87. The largest absolute Gasteiger partial charge is 0.355 e. The van der Waals surface area contributed by atoms with Gasteiger partial charge in [-0.1, -0.05) is 59.6 Å². The third-order valence-corrected chi connectivity index (χ3v) is 6.11. The summed E-state index contributed by atoms with van der Waals surface area (Å²) in [6, 6.07) is 23.5. The number of nitrogens with zero attached hydrogens (tertiary/aromatic N) is 1. The van der Waals surface area contributed by atoms with Crippen LogP contribution in [0.15, 0.2) is 85.1 Å². The van der Waals surface area contributed by atoms with Gasteiger partial charge in [-0.05, 0) is 60.0 Å². The van der Waals surface area contributed by atoms with Gasteiger partial charge in [-0.25, -0.2) is 0 Å². The molecule has 0 atom stereocenters. The minimum absolute atomic E-state index is 0.237. The van der Waals surface area contributed by atoms with E-state index < -0.39 is 5.91 Å². The van der Waals surface area contributed by atoms with Gasteiger partial charge in [0, 0.05) is 30.1 Å². The van der Waals surface area contributed by atoms with Crippen LogP contribution in [0, 0.1) is 0 Å². The number of benzene rings is 3. The van der Waals surface area contributed by atoms with E-state index in [-0.39, 0.29) is 16.5 Å². The first kappa shape index (κ1) is 23.5. The molecule has 3 aromatic carbocycles. The van der Waals surface area contributed by atoms with Crippen LogP contribution in [0.2, 0.25) is 10.0 Å². The Bertz CT molecular complexity index is 1340. The number of amides is 2. The van der Waals surface area contributed by atoms with Gasteiger partial charge in [0.05, 0.1) is 21.3 Å². The van der Waals surface area contributed by atoms with E-state index in [0.29, 0.717) is 39.5 Å². The molecule has 0 saturated heterocycles. The van der Waals surface area contributed by atoms with E-state index >= 15 is 0 Å². The molecular formula is C27H21Cl2N3O2. The van der Waals surface area contributed by atoms with Gasteiger partial charge >= 0.3 is 0 Å². The minimum atomic E-state index is -0.392. The molecule has 0 spiro atoms. The van der Waals surface area contributed by atoms with Crippen LogP contribution in [0.4, 0.5) is 5.69 Å². The van der Waals surface area contributed by atoms with Gasteiger partial charge in [-0.15, -0.1) is 0 Å². The van der Waals surface area contributed by atoms with Crippen molar-refractivity contribution in [1.82, 2.24) is 10.3 Å². The molecule has 0 radical (unpaired) electrons. The number of hydrogen-bond acceptors (Lipinski definition) is 3. The summed E-state index contributed by atoms with van der Waals surface area (Å²) in [6.07, 6.45) is 2.09. The molecule has 34 heavy (non-hydrogen) atoms. The second-order valence-electron chi connectivity index (χ2n) is 7.56. The van der Waals surface area contributed by atoms with E-state index in [1.165, 1.54) is 0 Å². The first-order chi connectivity index (χ1) is 16.5. The molecule has 0 aliphatic heterocycles. The maximum atomic E-state index is 13.2. The highest BCUT2D eigenvalue weighted by atomic mass is 35.5. The molecular weight excluding hydrogens is 469 g/mol. The molecule has 4 aromatic rings. The predicted molar refractivity (Wildman–Crippen MR) is 137 cm³/mol. The summed E-state index contributed by atoms with van der Waals surface area (Å²) in [6.45, 7) is 0. The first-order valence-corrected chi connectivity index (χ1v) is 11.3. The molecule has 7 heteroatoms. The zero-order chi connectivity index (χ0) is 24.1. The lowest BCUT2D eigenvalue weighted by molar-refractivity contribution is 0.0960. The lowest BCUT2D eigenvalue weighted by Crippen LogP contribution is -2.21. The molecule has 5 nitrogen and oxygen atoms in total. The molecule has 0 unspecified atom stereocenters. The van der Waals surface area contributed by atoms with Gasteiger partial charge in [-0.2, -0.15) is 0 Å². The SMILES string of the molecule is CNC(=O)c1ccc(C(=O)Nc2ccc(Cl)c(-c3ccccn3)c2)c(Cl)c1Cc1ccccc1. The van der Waals surface area contributed by atoms with Crippen LogP contribution >= 0.6 is 23.2 Å². The van der Waals surface area contributed by atoms with Crippen molar-refractivity contribution in [1.29, 1.82) is 0 Å². The smallest absolute Gasteiger partial charge is 0.257 e. The second-order valence-corrected chi connectivity index (χ2v) is 8.34. The van der Waals surface area contributed by atoms with Crippen molar-refractivity contribution in [2.45, 2.75) is 6.42 Å². The Hall–Kier alpha value is -3.67. The number of rotatable bonds is 6. The van der Waals surface area contributed by atoms with Crippen LogP contribution in [-0.2, 0) is 6.42 Å². The monoisotopic (exact) mass is 489 g/mol. The summed E-state index contributed by atoms with van der Waals surface area (Å²) < 4.78 is 0. The summed E-state index contributed by atoms with van der Waals surface area (Å²) in [4.78, 5) is 30.0. The Kier molecular flexibility index (Phi) is 7.26. The van der Waals surface area contributed by atoms with Gasteiger partial charge in [0.25, 0.3) is 11.8 Å². The van der Waals surface area contributed by atoms with E-state index in [1.807, 2.05) is 48.5 Å². The topological polar surface area (TPSA) is 71.1 Å². The number of pyridine rings is 1. The Morgan fingerprint density at radius 3 is 2.29 bits per heavy atom. The zero-order valence-corrected chi connectivity index (χ0v) is 19.8. The standard InChI is InChI=1S/C27H21Cl2N3O2/c1-30-26(33)19-11-12-20(25(29)21(19)15-17-7-3-2-4-8-17)27(34)32-18-10-13-23(28)22(16-18)24-9-5-6-14-31-24/h2-14,16H,15H2,1H3,(H,30,33)(H,32,34). The van der Waals surface area contributed by atoms with E-state index in [2.05, 4.69) is 15.6 Å². The normalized spacial score (nSPS) is 10.6. The summed E-state index contributed by atoms with van der Waals surface area (Å²) in [5, 5.41) is 6.27. The minimum Gasteiger partial charge on any atom is -0.355 e. The Morgan fingerprint density at radius 2 is 1.59 bits per heavy atom. The molecule has 1 heterocycles. The Labute approximate surface area is 207 Å². The van der Waals surface area contributed by atoms with Crippen molar-refractivity contribution < 1.29 is 9.59 Å². The van der Waals surface area contributed by atoms with Crippen molar-refractivity contribution in [3.05, 3.63) is 117 Å². The predicted octanol–water partition coefficient (Wildman–Crippen LogP) is 6.26. The molecule has 0 aliphatic rings. The number of hydrogen-bond donors (Lipinski definition) is 2. The van der Waals surface area contributed by atoms with E-state index in [4.69, 9.17) is 23.2 Å². The van der Waals surface area contributed by atoms with Crippen molar-refractivity contribution in [2.24, 2.45) is 0 Å². The summed E-state index contributed by atoms with van der Waals surface area (Å²) >= 11 is 13.1. The lowest BCUT2D eigenvalue weighted by atomic mass is 9.96. The van der Waals surface area contributed by atoms with Crippen LogP contribution in [0.25, 0.3) is 11.3 Å². The molecule has 0 bridgehead atoms.